The van der Waals surface area contributed by atoms with Gasteiger partial charge in [0, 0.05) is 38.1 Å². The molecule has 16 heteroatoms. The van der Waals surface area contributed by atoms with Crippen LogP contribution in [0.2, 0.25) is 0 Å². The van der Waals surface area contributed by atoms with Crippen molar-refractivity contribution >= 4 is 41.5 Å². The fourth-order valence-corrected chi connectivity index (χ4v) is 3.74. The molecule has 1 rings (SSSR count). The van der Waals surface area contributed by atoms with Gasteiger partial charge in [-0.15, -0.1) is 0 Å². The van der Waals surface area contributed by atoms with E-state index in [0.717, 1.165) is 0 Å². The van der Waals surface area contributed by atoms with Crippen molar-refractivity contribution in [3.8, 4) is 5.75 Å². The van der Waals surface area contributed by atoms with Crippen LogP contribution in [0, 0.1) is 0 Å². The van der Waals surface area contributed by atoms with Crippen molar-refractivity contribution in [2.24, 2.45) is 0 Å². The number of hydrogen-bond acceptors (Lipinski definition) is 14. The number of hydrogen-bond donors (Lipinski definition) is 4. The second-order valence-electron chi connectivity index (χ2n) is 11.0. The van der Waals surface area contributed by atoms with Gasteiger partial charge in [-0.1, -0.05) is 12.8 Å². The SMILES string of the molecule is CC(C)(O)C(=O)c1ccc(OCCOC(=O)CC(=O)NCCNC(=O)CC(=O)OC(=O)CCCCCOOC(=O)CCCCCO)cc1. The molecule has 0 spiro atoms. The summed E-state index contributed by atoms with van der Waals surface area (Å²) in [5.41, 5.74) is -1.19. The summed E-state index contributed by atoms with van der Waals surface area (Å²) < 4.78 is 15.0. The second kappa shape index (κ2) is 23.8. The van der Waals surface area contributed by atoms with Crippen LogP contribution >= 0.6 is 0 Å². The molecule has 0 saturated heterocycles. The van der Waals surface area contributed by atoms with E-state index in [9.17, 15) is 38.7 Å². The Labute approximate surface area is 278 Å². The first-order valence-electron chi connectivity index (χ1n) is 15.7. The highest BCUT2D eigenvalue weighted by Gasteiger charge is 2.25. The van der Waals surface area contributed by atoms with E-state index in [1.165, 1.54) is 38.1 Å². The zero-order valence-corrected chi connectivity index (χ0v) is 27.4. The maximum Gasteiger partial charge on any atom is 0.342 e. The molecule has 1 aromatic rings. The first-order valence-corrected chi connectivity index (χ1v) is 15.7. The maximum absolute atomic E-state index is 12.0. The van der Waals surface area contributed by atoms with Gasteiger partial charge < -0.3 is 35.1 Å². The Kier molecular flexibility index (Phi) is 20.7. The maximum atomic E-state index is 12.0. The summed E-state index contributed by atoms with van der Waals surface area (Å²) in [5, 5.41) is 23.3. The number of esters is 3. The number of rotatable bonds is 25. The van der Waals surface area contributed by atoms with Crippen LogP contribution in [0.5, 0.6) is 5.75 Å². The molecule has 0 radical (unpaired) electrons. The molecule has 0 bridgehead atoms. The van der Waals surface area contributed by atoms with Crippen LogP contribution in [0.15, 0.2) is 24.3 Å². The fraction of sp³-hybridized carbons (Fsp3) is 0.594. The second-order valence-corrected chi connectivity index (χ2v) is 11.0. The summed E-state index contributed by atoms with van der Waals surface area (Å²) in [6.07, 6.45) is 2.25. The zero-order valence-electron chi connectivity index (χ0n) is 27.4. The molecule has 0 heterocycles. The smallest absolute Gasteiger partial charge is 0.342 e. The largest absolute Gasteiger partial charge is 0.490 e. The summed E-state index contributed by atoms with van der Waals surface area (Å²) in [4.78, 5) is 92.1. The Morgan fingerprint density at radius 2 is 1.27 bits per heavy atom. The fourth-order valence-electron chi connectivity index (χ4n) is 3.74. The molecule has 1 aromatic carbocycles. The molecule has 2 amide bonds. The number of aliphatic hydroxyl groups is 2. The van der Waals surface area contributed by atoms with Crippen LogP contribution in [0.3, 0.4) is 0 Å². The summed E-state index contributed by atoms with van der Waals surface area (Å²) in [7, 11) is 0. The average Bonchev–Trinajstić information content (AvgIpc) is 3.02. The van der Waals surface area contributed by atoms with E-state index in [2.05, 4.69) is 20.3 Å². The Balaban J connectivity index is 2.06. The monoisotopic (exact) mass is 682 g/mol. The number of Topliss-reactive ketones (excluding diaryl/α,β-unsaturated/α-hetero) is 1. The van der Waals surface area contributed by atoms with Gasteiger partial charge in [-0.3, -0.25) is 33.7 Å². The van der Waals surface area contributed by atoms with Crippen molar-refractivity contribution in [1.82, 2.24) is 10.6 Å². The highest BCUT2D eigenvalue weighted by atomic mass is 17.2. The predicted molar refractivity (Wildman–Crippen MR) is 166 cm³/mol. The number of amides is 2. The van der Waals surface area contributed by atoms with Gasteiger partial charge in [0.05, 0.1) is 6.61 Å². The van der Waals surface area contributed by atoms with Crippen molar-refractivity contribution in [2.75, 3.05) is 39.5 Å². The summed E-state index contributed by atoms with van der Waals surface area (Å²) in [5.74, 6) is -4.50. The van der Waals surface area contributed by atoms with E-state index in [4.69, 9.17) is 19.5 Å². The Morgan fingerprint density at radius 3 is 1.88 bits per heavy atom. The highest BCUT2D eigenvalue weighted by Crippen LogP contribution is 2.17. The number of unbranched alkanes of at least 4 members (excludes halogenated alkanes) is 4. The number of carbonyl (C=O) groups is 7. The first-order chi connectivity index (χ1) is 22.8. The topological polar surface area (TPSA) is 230 Å². The normalized spacial score (nSPS) is 10.8. The minimum Gasteiger partial charge on any atom is -0.490 e. The van der Waals surface area contributed by atoms with E-state index < -0.39 is 59.9 Å². The van der Waals surface area contributed by atoms with E-state index in [1.807, 2.05) is 0 Å². The lowest BCUT2D eigenvalue weighted by Gasteiger charge is -2.15. The van der Waals surface area contributed by atoms with E-state index in [-0.39, 0.29) is 52.4 Å². The number of benzene rings is 1. The van der Waals surface area contributed by atoms with Gasteiger partial charge in [-0.05, 0) is 63.8 Å². The van der Waals surface area contributed by atoms with Crippen LogP contribution < -0.4 is 15.4 Å². The number of ether oxygens (including phenoxy) is 3. The van der Waals surface area contributed by atoms with Crippen molar-refractivity contribution in [1.29, 1.82) is 0 Å². The molecule has 0 fully saturated rings. The van der Waals surface area contributed by atoms with Gasteiger partial charge in [0.25, 0.3) is 0 Å². The lowest BCUT2D eigenvalue weighted by Crippen LogP contribution is -2.36. The quantitative estimate of drug-likeness (QED) is 0.0284. The number of carbonyl (C=O) groups excluding carboxylic acids is 7. The lowest BCUT2D eigenvalue weighted by atomic mass is 9.97. The Morgan fingerprint density at radius 1 is 0.688 bits per heavy atom. The van der Waals surface area contributed by atoms with Gasteiger partial charge >= 0.3 is 23.9 Å². The molecule has 0 atom stereocenters. The molecular weight excluding hydrogens is 636 g/mol. The molecule has 48 heavy (non-hydrogen) atoms. The molecule has 0 unspecified atom stereocenters. The molecule has 4 N–H and O–H groups in total. The van der Waals surface area contributed by atoms with Gasteiger partial charge in [-0.25, -0.2) is 4.79 Å². The minimum atomic E-state index is -1.50. The molecule has 16 nitrogen and oxygen atoms in total. The lowest BCUT2D eigenvalue weighted by molar-refractivity contribution is -0.272. The highest BCUT2D eigenvalue weighted by molar-refractivity contribution is 6.01. The van der Waals surface area contributed by atoms with Crippen molar-refractivity contribution in [3.63, 3.8) is 0 Å². The zero-order chi connectivity index (χ0) is 35.8. The Hall–Kier alpha value is -4.41. The van der Waals surface area contributed by atoms with Crippen molar-refractivity contribution < 1.29 is 67.8 Å². The average molecular weight is 683 g/mol. The summed E-state index contributed by atoms with van der Waals surface area (Å²) in [6, 6.07) is 6.07. The molecule has 0 aromatic heterocycles. The standard InChI is InChI=1S/C32H46N2O14/c1-32(2,43)31(42)23-11-13-24(14-12-23)44-19-20-45-29(40)21-25(36)33-15-16-34-26(37)22-30(41)47-27(38)9-6-4-8-18-46-48-28(39)10-5-3-7-17-35/h11-14,35,43H,3-10,15-22H2,1-2H3,(H,33,36)(H,34,37). The van der Waals surface area contributed by atoms with Gasteiger partial charge in [0.15, 0.2) is 5.78 Å². The third kappa shape index (κ3) is 20.7. The predicted octanol–water partition coefficient (Wildman–Crippen LogP) is 1.23. The van der Waals surface area contributed by atoms with E-state index in [0.29, 0.717) is 49.8 Å². The minimum absolute atomic E-state index is 0.00383. The van der Waals surface area contributed by atoms with Crippen molar-refractivity contribution in [2.45, 2.75) is 83.7 Å². The molecular formula is C32H46N2O14. The van der Waals surface area contributed by atoms with Crippen LogP contribution in [-0.2, 0) is 48.0 Å². The molecule has 0 aliphatic rings. The number of ketones is 1. The third-order valence-corrected chi connectivity index (χ3v) is 6.19. The molecule has 0 saturated carbocycles. The van der Waals surface area contributed by atoms with Crippen molar-refractivity contribution in [3.05, 3.63) is 29.8 Å². The van der Waals surface area contributed by atoms with Crippen LogP contribution in [-0.4, -0.2) is 96.8 Å². The third-order valence-electron chi connectivity index (χ3n) is 6.19. The van der Waals surface area contributed by atoms with E-state index >= 15 is 0 Å². The van der Waals surface area contributed by atoms with Gasteiger partial charge in [-0.2, -0.15) is 4.89 Å². The van der Waals surface area contributed by atoms with E-state index in [1.54, 1.807) is 0 Å². The summed E-state index contributed by atoms with van der Waals surface area (Å²) in [6.45, 7) is 2.79. The summed E-state index contributed by atoms with van der Waals surface area (Å²) >= 11 is 0. The molecule has 268 valence electrons. The van der Waals surface area contributed by atoms with Crippen LogP contribution in [0.4, 0.5) is 0 Å². The first kappa shape index (κ1) is 41.6. The molecule has 0 aliphatic carbocycles. The number of aliphatic hydroxyl groups excluding tert-OH is 1. The van der Waals surface area contributed by atoms with Gasteiger partial charge in [0.1, 0.15) is 37.4 Å². The van der Waals surface area contributed by atoms with Crippen LogP contribution in [0.25, 0.3) is 0 Å². The number of nitrogens with one attached hydrogen (secondary N) is 2. The van der Waals surface area contributed by atoms with Crippen LogP contribution in [0.1, 0.15) is 88.4 Å². The Bertz CT molecular complexity index is 1190. The van der Waals surface area contributed by atoms with Gasteiger partial charge in [0.2, 0.25) is 11.8 Å². The molecule has 0 aliphatic heterocycles.